The molecule has 3 nitrogen and oxygen atoms in total. The lowest BCUT2D eigenvalue weighted by Crippen LogP contribution is -1.98. The monoisotopic (exact) mass is 296 g/mol. The van der Waals surface area contributed by atoms with Crippen LogP contribution in [0.5, 0.6) is 5.88 Å². The zero-order chi connectivity index (χ0) is 14.2. The highest BCUT2D eigenvalue weighted by Gasteiger charge is 2.21. The van der Waals surface area contributed by atoms with Crippen molar-refractivity contribution in [2.24, 2.45) is 0 Å². The number of ether oxygens (including phenoxy) is 1. The SMILES string of the molecule is Cc1ccc(COc2ncnc3sc4c(c23)CCC4)cc1. The van der Waals surface area contributed by atoms with Crippen LogP contribution in [-0.4, -0.2) is 9.97 Å². The van der Waals surface area contributed by atoms with Gasteiger partial charge in [0.2, 0.25) is 5.88 Å². The smallest absolute Gasteiger partial charge is 0.225 e. The highest BCUT2D eigenvalue weighted by Crippen LogP contribution is 2.39. The molecule has 2 aromatic heterocycles. The maximum absolute atomic E-state index is 5.98. The minimum atomic E-state index is 0.553. The van der Waals surface area contributed by atoms with Crippen LogP contribution >= 0.6 is 11.3 Å². The lowest BCUT2D eigenvalue weighted by molar-refractivity contribution is 0.297. The van der Waals surface area contributed by atoms with E-state index >= 15 is 0 Å². The molecule has 0 fully saturated rings. The summed E-state index contributed by atoms with van der Waals surface area (Å²) in [6.45, 7) is 2.64. The number of hydrogen-bond donors (Lipinski definition) is 0. The second kappa shape index (κ2) is 5.11. The first-order valence-electron chi connectivity index (χ1n) is 7.25. The van der Waals surface area contributed by atoms with Crippen LogP contribution < -0.4 is 4.74 Å². The van der Waals surface area contributed by atoms with Gasteiger partial charge in [-0.1, -0.05) is 29.8 Å². The van der Waals surface area contributed by atoms with Crippen LogP contribution in [0.1, 0.15) is 28.0 Å². The fourth-order valence-electron chi connectivity index (χ4n) is 2.85. The molecule has 0 atom stereocenters. The summed E-state index contributed by atoms with van der Waals surface area (Å²) in [4.78, 5) is 11.3. The molecule has 2 heterocycles. The van der Waals surface area contributed by atoms with E-state index < -0.39 is 0 Å². The van der Waals surface area contributed by atoms with Gasteiger partial charge in [-0.3, -0.25) is 0 Å². The highest BCUT2D eigenvalue weighted by molar-refractivity contribution is 7.18. The molecule has 0 spiro atoms. The van der Waals surface area contributed by atoms with E-state index in [2.05, 4.69) is 41.2 Å². The zero-order valence-corrected chi connectivity index (χ0v) is 12.7. The van der Waals surface area contributed by atoms with Crippen LogP contribution in [-0.2, 0) is 19.4 Å². The first kappa shape index (κ1) is 12.8. The molecule has 4 heteroatoms. The first-order valence-corrected chi connectivity index (χ1v) is 8.06. The highest BCUT2D eigenvalue weighted by atomic mass is 32.1. The quantitative estimate of drug-likeness (QED) is 0.731. The van der Waals surface area contributed by atoms with Gasteiger partial charge >= 0.3 is 0 Å². The number of nitrogens with zero attached hydrogens (tertiary/aromatic N) is 2. The normalized spacial score (nSPS) is 13.6. The van der Waals surface area contributed by atoms with Crippen molar-refractivity contribution in [3.63, 3.8) is 0 Å². The Morgan fingerprint density at radius 3 is 2.86 bits per heavy atom. The third-order valence-corrected chi connectivity index (χ3v) is 5.16. The molecule has 21 heavy (non-hydrogen) atoms. The number of rotatable bonds is 3. The Balaban J connectivity index is 1.65. The van der Waals surface area contributed by atoms with E-state index in [1.54, 1.807) is 17.7 Å². The van der Waals surface area contributed by atoms with Crippen molar-refractivity contribution in [3.8, 4) is 5.88 Å². The summed E-state index contributed by atoms with van der Waals surface area (Å²) in [5, 5.41) is 1.14. The Hall–Kier alpha value is -1.94. The fraction of sp³-hybridized carbons (Fsp3) is 0.294. The molecule has 1 aliphatic carbocycles. The summed E-state index contributed by atoms with van der Waals surface area (Å²) in [5.74, 6) is 0.736. The molecule has 4 rings (SSSR count). The van der Waals surface area contributed by atoms with E-state index in [4.69, 9.17) is 4.74 Å². The Morgan fingerprint density at radius 1 is 1.14 bits per heavy atom. The Morgan fingerprint density at radius 2 is 2.00 bits per heavy atom. The van der Waals surface area contributed by atoms with Crippen LogP contribution in [0.3, 0.4) is 0 Å². The van der Waals surface area contributed by atoms with Crippen molar-refractivity contribution in [3.05, 3.63) is 52.2 Å². The van der Waals surface area contributed by atoms with Gasteiger partial charge in [-0.25, -0.2) is 9.97 Å². The van der Waals surface area contributed by atoms with Crippen molar-refractivity contribution in [2.45, 2.75) is 32.8 Å². The van der Waals surface area contributed by atoms with E-state index in [0.717, 1.165) is 22.5 Å². The zero-order valence-electron chi connectivity index (χ0n) is 11.9. The molecular weight excluding hydrogens is 280 g/mol. The minimum absolute atomic E-state index is 0.553. The summed E-state index contributed by atoms with van der Waals surface area (Å²) < 4.78 is 5.98. The topological polar surface area (TPSA) is 35.0 Å². The van der Waals surface area contributed by atoms with E-state index in [0.29, 0.717) is 6.61 Å². The number of benzene rings is 1. The average molecular weight is 296 g/mol. The predicted molar refractivity (Wildman–Crippen MR) is 85.0 cm³/mol. The van der Waals surface area contributed by atoms with Crippen molar-refractivity contribution >= 4 is 21.6 Å². The molecule has 1 aliphatic rings. The molecule has 0 saturated heterocycles. The lowest BCUT2D eigenvalue weighted by atomic mass is 10.2. The Kier molecular flexibility index (Phi) is 3.11. The largest absolute Gasteiger partial charge is 0.472 e. The molecule has 0 N–H and O–H groups in total. The molecule has 106 valence electrons. The lowest BCUT2D eigenvalue weighted by Gasteiger charge is -2.07. The number of aryl methyl sites for hydroxylation is 3. The standard InChI is InChI=1S/C17H16N2OS/c1-11-5-7-12(8-6-11)9-20-16-15-13-3-2-4-14(13)21-17(15)19-10-18-16/h5-8,10H,2-4,9H2,1H3. The fourth-order valence-corrected chi connectivity index (χ4v) is 4.06. The summed E-state index contributed by atoms with van der Waals surface area (Å²) in [5.41, 5.74) is 3.84. The van der Waals surface area contributed by atoms with Crippen LogP contribution in [0.2, 0.25) is 0 Å². The summed E-state index contributed by atoms with van der Waals surface area (Å²) in [6.07, 6.45) is 5.15. The van der Waals surface area contributed by atoms with Gasteiger partial charge in [-0.2, -0.15) is 0 Å². The summed E-state index contributed by atoms with van der Waals surface area (Å²) >= 11 is 1.79. The Labute approximate surface area is 127 Å². The van der Waals surface area contributed by atoms with Gasteiger partial charge in [0.15, 0.2) is 0 Å². The molecule has 0 saturated carbocycles. The molecule has 0 aliphatic heterocycles. The summed E-state index contributed by atoms with van der Waals surface area (Å²) in [7, 11) is 0. The van der Waals surface area contributed by atoms with Gasteiger partial charge in [0, 0.05) is 4.88 Å². The predicted octanol–water partition coefficient (Wildman–Crippen LogP) is 4.07. The molecule has 1 aromatic carbocycles. The molecule has 0 bridgehead atoms. The van der Waals surface area contributed by atoms with E-state index in [9.17, 15) is 0 Å². The van der Waals surface area contributed by atoms with E-state index in [1.807, 2.05) is 0 Å². The van der Waals surface area contributed by atoms with Gasteiger partial charge in [-0.05, 0) is 37.3 Å². The molecule has 0 amide bonds. The maximum Gasteiger partial charge on any atom is 0.225 e. The van der Waals surface area contributed by atoms with Crippen molar-refractivity contribution in [1.29, 1.82) is 0 Å². The molecule has 3 aromatic rings. The third kappa shape index (κ3) is 2.29. The van der Waals surface area contributed by atoms with Gasteiger partial charge in [0.05, 0.1) is 5.39 Å². The number of aromatic nitrogens is 2. The molecular formula is C17H16N2OS. The first-order chi connectivity index (χ1) is 10.3. The van der Waals surface area contributed by atoms with Crippen molar-refractivity contribution in [1.82, 2.24) is 9.97 Å². The van der Waals surface area contributed by atoms with Gasteiger partial charge < -0.3 is 4.74 Å². The second-order valence-electron chi connectivity index (χ2n) is 5.49. The number of fused-ring (bicyclic) bond motifs is 3. The minimum Gasteiger partial charge on any atom is -0.472 e. The van der Waals surface area contributed by atoms with Gasteiger partial charge in [0.1, 0.15) is 17.8 Å². The van der Waals surface area contributed by atoms with E-state index in [1.165, 1.54) is 34.4 Å². The van der Waals surface area contributed by atoms with Crippen molar-refractivity contribution < 1.29 is 4.74 Å². The third-order valence-electron chi connectivity index (χ3n) is 3.96. The van der Waals surface area contributed by atoms with Crippen LogP contribution in [0.15, 0.2) is 30.6 Å². The summed E-state index contributed by atoms with van der Waals surface area (Å²) in [6, 6.07) is 8.42. The van der Waals surface area contributed by atoms with E-state index in [-0.39, 0.29) is 0 Å². The van der Waals surface area contributed by atoms with Gasteiger partial charge in [0.25, 0.3) is 0 Å². The van der Waals surface area contributed by atoms with Crippen LogP contribution in [0.4, 0.5) is 0 Å². The number of thiophene rings is 1. The average Bonchev–Trinajstić information content (AvgIpc) is 3.07. The maximum atomic E-state index is 5.98. The van der Waals surface area contributed by atoms with Crippen molar-refractivity contribution in [2.75, 3.05) is 0 Å². The van der Waals surface area contributed by atoms with Crippen LogP contribution in [0.25, 0.3) is 10.2 Å². The molecule has 0 unspecified atom stereocenters. The number of hydrogen-bond acceptors (Lipinski definition) is 4. The Bertz CT molecular complexity index is 792. The van der Waals surface area contributed by atoms with Gasteiger partial charge in [-0.15, -0.1) is 11.3 Å². The molecule has 0 radical (unpaired) electrons. The van der Waals surface area contributed by atoms with Crippen LogP contribution in [0, 0.1) is 6.92 Å². The second-order valence-corrected chi connectivity index (χ2v) is 6.57.